The van der Waals surface area contributed by atoms with E-state index in [2.05, 4.69) is 21.1 Å². The zero-order chi connectivity index (χ0) is 11.1. The van der Waals surface area contributed by atoms with Crippen molar-refractivity contribution >= 4 is 6.08 Å². The van der Waals surface area contributed by atoms with E-state index in [4.69, 9.17) is 5.53 Å². The first-order chi connectivity index (χ1) is 7.24. The Bertz CT molecular complexity index is 403. The van der Waals surface area contributed by atoms with Gasteiger partial charge >= 0.3 is 0 Å². The van der Waals surface area contributed by atoms with Crippen molar-refractivity contribution in [2.24, 2.45) is 5.11 Å². The maximum Gasteiger partial charge on any atom is 0.0655 e. The van der Waals surface area contributed by atoms with Crippen LogP contribution in [-0.4, -0.2) is 11.5 Å². The molecule has 0 N–H and O–H groups in total. The van der Waals surface area contributed by atoms with Crippen molar-refractivity contribution in [3.05, 3.63) is 45.6 Å². The van der Waals surface area contributed by atoms with Gasteiger partial charge in [-0.2, -0.15) is 0 Å². The lowest BCUT2D eigenvalue weighted by molar-refractivity contribution is 0.994. The van der Waals surface area contributed by atoms with Crippen LogP contribution in [-0.2, 0) is 0 Å². The molecule has 0 spiro atoms. The molecule has 1 heterocycles. The fourth-order valence-electron chi connectivity index (χ4n) is 1.27. The third-order valence-electron chi connectivity index (χ3n) is 1.99. The van der Waals surface area contributed by atoms with Crippen LogP contribution in [0.2, 0.25) is 0 Å². The van der Waals surface area contributed by atoms with Crippen LogP contribution in [0, 0.1) is 13.8 Å². The first-order valence-corrected chi connectivity index (χ1v) is 4.84. The highest BCUT2D eigenvalue weighted by atomic mass is 15.1. The molecule has 0 aliphatic heterocycles. The molecule has 1 aromatic rings. The van der Waals surface area contributed by atoms with E-state index >= 15 is 0 Å². The van der Waals surface area contributed by atoms with Crippen molar-refractivity contribution in [1.29, 1.82) is 0 Å². The largest absolute Gasteiger partial charge is 0.256 e. The first kappa shape index (κ1) is 11.3. The van der Waals surface area contributed by atoms with Crippen molar-refractivity contribution in [2.75, 3.05) is 6.54 Å². The average molecular weight is 202 g/mol. The van der Waals surface area contributed by atoms with Gasteiger partial charge in [-0.15, -0.1) is 0 Å². The zero-order valence-corrected chi connectivity index (χ0v) is 9.01. The lowest BCUT2D eigenvalue weighted by Crippen LogP contribution is -1.87. The molecule has 4 heteroatoms. The molecular weight excluding hydrogens is 188 g/mol. The summed E-state index contributed by atoms with van der Waals surface area (Å²) in [4.78, 5) is 6.99. The topological polar surface area (TPSA) is 61.7 Å². The lowest BCUT2D eigenvalue weighted by atomic mass is 10.1. The first-order valence-electron chi connectivity index (χ1n) is 4.84. The number of azide groups is 1. The third-order valence-corrected chi connectivity index (χ3v) is 1.99. The third kappa shape index (κ3) is 3.83. The molecule has 0 unspecified atom stereocenters. The normalized spacial score (nSPS) is 10.3. The highest BCUT2D eigenvalue weighted by Gasteiger charge is 1.94. The van der Waals surface area contributed by atoms with E-state index in [1.165, 1.54) is 5.56 Å². The molecule has 0 atom stereocenters. The summed E-state index contributed by atoms with van der Waals surface area (Å²) >= 11 is 0. The fraction of sp³-hybridized carbons (Fsp3) is 0.364. The predicted molar refractivity (Wildman–Crippen MR) is 61.4 cm³/mol. The number of pyridine rings is 1. The van der Waals surface area contributed by atoms with Gasteiger partial charge in [0.15, 0.2) is 0 Å². The Kier molecular flexibility index (Phi) is 4.38. The smallest absolute Gasteiger partial charge is 0.0655 e. The Morgan fingerprint density at radius 3 is 3.00 bits per heavy atom. The van der Waals surface area contributed by atoms with E-state index in [0.717, 1.165) is 17.7 Å². The number of aromatic nitrogens is 1. The van der Waals surface area contributed by atoms with E-state index in [1.54, 1.807) is 0 Å². The molecule has 0 aliphatic rings. The molecule has 0 fully saturated rings. The molecule has 15 heavy (non-hydrogen) atoms. The molecule has 0 saturated carbocycles. The van der Waals surface area contributed by atoms with Crippen molar-refractivity contribution in [3.63, 3.8) is 0 Å². The van der Waals surface area contributed by atoms with Gasteiger partial charge in [0.2, 0.25) is 0 Å². The molecular formula is C11H14N4. The standard InChI is InChI=1S/C11H14N4/c1-9-7-10(2)11(13-8-9)5-3-4-6-14-15-12/h3,5,7-8H,4,6H2,1-2H3. The lowest BCUT2D eigenvalue weighted by Gasteiger charge is -1.99. The second kappa shape index (κ2) is 5.83. The Labute approximate surface area is 89.3 Å². The average Bonchev–Trinajstić information content (AvgIpc) is 2.20. The number of nitrogens with zero attached hydrogens (tertiary/aromatic N) is 4. The molecule has 78 valence electrons. The van der Waals surface area contributed by atoms with Crippen LogP contribution in [0.25, 0.3) is 16.5 Å². The van der Waals surface area contributed by atoms with Gasteiger partial charge in [0, 0.05) is 17.7 Å². The summed E-state index contributed by atoms with van der Waals surface area (Å²) in [7, 11) is 0. The molecule has 1 aromatic heterocycles. The Morgan fingerprint density at radius 1 is 1.53 bits per heavy atom. The molecule has 0 bridgehead atoms. The molecule has 4 nitrogen and oxygen atoms in total. The van der Waals surface area contributed by atoms with Gasteiger partial charge in [-0.1, -0.05) is 17.3 Å². The van der Waals surface area contributed by atoms with Gasteiger partial charge in [0.05, 0.1) is 5.69 Å². The van der Waals surface area contributed by atoms with E-state index in [1.807, 2.05) is 32.2 Å². The highest BCUT2D eigenvalue weighted by Crippen LogP contribution is 2.08. The van der Waals surface area contributed by atoms with Gasteiger partial charge in [-0.05, 0) is 43.0 Å². The maximum atomic E-state index is 8.08. The molecule has 0 aliphatic carbocycles. The van der Waals surface area contributed by atoms with Crippen molar-refractivity contribution in [1.82, 2.24) is 4.98 Å². The maximum absolute atomic E-state index is 8.08. The van der Waals surface area contributed by atoms with Crippen molar-refractivity contribution in [2.45, 2.75) is 20.3 Å². The van der Waals surface area contributed by atoms with Gasteiger partial charge in [0.1, 0.15) is 0 Å². The number of rotatable bonds is 4. The predicted octanol–water partition coefficient (Wildman–Crippen LogP) is 3.41. The van der Waals surface area contributed by atoms with Gasteiger partial charge in [0.25, 0.3) is 0 Å². The monoisotopic (exact) mass is 202 g/mol. The summed E-state index contributed by atoms with van der Waals surface area (Å²) in [6, 6.07) is 2.10. The Morgan fingerprint density at radius 2 is 2.33 bits per heavy atom. The minimum atomic E-state index is 0.498. The van der Waals surface area contributed by atoms with Crippen LogP contribution in [0.1, 0.15) is 23.2 Å². The van der Waals surface area contributed by atoms with Crippen LogP contribution < -0.4 is 0 Å². The fourth-order valence-corrected chi connectivity index (χ4v) is 1.27. The van der Waals surface area contributed by atoms with Gasteiger partial charge < -0.3 is 0 Å². The minimum Gasteiger partial charge on any atom is -0.256 e. The van der Waals surface area contributed by atoms with Crippen LogP contribution in [0.3, 0.4) is 0 Å². The summed E-state index contributed by atoms with van der Waals surface area (Å²) < 4.78 is 0. The van der Waals surface area contributed by atoms with Crippen LogP contribution >= 0.6 is 0 Å². The van der Waals surface area contributed by atoms with E-state index in [0.29, 0.717) is 6.54 Å². The van der Waals surface area contributed by atoms with E-state index < -0.39 is 0 Å². The summed E-state index contributed by atoms with van der Waals surface area (Å²) in [6.45, 7) is 4.56. The van der Waals surface area contributed by atoms with Gasteiger partial charge in [-0.25, -0.2) is 0 Å². The summed E-state index contributed by atoms with van der Waals surface area (Å²) in [5.74, 6) is 0. The Balaban J connectivity index is 2.60. The summed E-state index contributed by atoms with van der Waals surface area (Å²) in [6.07, 6.45) is 6.53. The van der Waals surface area contributed by atoms with Crippen molar-refractivity contribution in [3.8, 4) is 0 Å². The van der Waals surface area contributed by atoms with Crippen LogP contribution in [0.4, 0.5) is 0 Å². The summed E-state index contributed by atoms with van der Waals surface area (Å²) in [5.41, 5.74) is 11.4. The molecule has 0 saturated heterocycles. The zero-order valence-electron chi connectivity index (χ0n) is 9.01. The minimum absolute atomic E-state index is 0.498. The quantitative estimate of drug-likeness (QED) is 0.319. The SMILES string of the molecule is Cc1cnc(C=CCCN=[N+]=[N-])c(C)c1. The highest BCUT2D eigenvalue weighted by molar-refractivity contribution is 5.49. The second-order valence-electron chi connectivity index (χ2n) is 3.36. The van der Waals surface area contributed by atoms with Crippen LogP contribution in [0.15, 0.2) is 23.5 Å². The van der Waals surface area contributed by atoms with E-state index in [9.17, 15) is 0 Å². The van der Waals surface area contributed by atoms with Gasteiger partial charge in [-0.3, -0.25) is 4.98 Å². The summed E-state index contributed by atoms with van der Waals surface area (Å²) in [5, 5.41) is 3.45. The number of hydrogen-bond acceptors (Lipinski definition) is 2. The molecule has 0 amide bonds. The number of aryl methyl sites for hydroxylation is 2. The molecule has 0 aromatic carbocycles. The van der Waals surface area contributed by atoms with Crippen LogP contribution in [0.5, 0.6) is 0 Å². The molecule has 0 radical (unpaired) electrons. The number of hydrogen-bond donors (Lipinski definition) is 0. The van der Waals surface area contributed by atoms with Crippen molar-refractivity contribution < 1.29 is 0 Å². The second-order valence-corrected chi connectivity index (χ2v) is 3.36. The molecule has 1 rings (SSSR count). The Hall–Kier alpha value is -1.80. The van der Waals surface area contributed by atoms with E-state index in [-0.39, 0.29) is 0 Å².